The molecule has 0 spiro atoms. The zero-order valence-corrected chi connectivity index (χ0v) is 16.3. The van der Waals surface area contributed by atoms with Crippen LogP contribution >= 0.6 is 23.2 Å². The zero-order chi connectivity index (χ0) is 22.2. The Balaban J connectivity index is 2.15. The van der Waals surface area contributed by atoms with Gasteiger partial charge in [-0.3, -0.25) is 4.79 Å². The van der Waals surface area contributed by atoms with E-state index in [9.17, 15) is 27.2 Å². The second-order valence-corrected chi connectivity index (χ2v) is 6.66. The van der Waals surface area contributed by atoms with Crippen LogP contribution in [0.4, 0.5) is 17.6 Å². The third-order valence-electron chi connectivity index (χ3n) is 4.01. The summed E-state index contributed by atoms with van der Waals surface area (Å²) in [6, 6.07) is 2.73. The number of halogens is 6. The first kappa shape index (κ1) is 21.8. The number of alkyl halides is 3. The van der Waals surface area contributed by atoms with E-state index in [4.69, 9.17) is 27.6 Å². The zero-order valence-electron chi connectivity index (χ0n) is 14.8. The van der Waals surface area contributed by atoms with Gasteiger partial charge in [0.15, 0.2) is 17.3 Å². The molecule has 1 aromatic carbocycles. The van der Waals surface area contributed by atoms with Crippen LogP contribution in [0.3, 0.4) is 0 Å². The van der Waals surface area contributed by atoms with Crippen LogP contribution in [0.1, 0.15) is 26.4 Å². The molecule has 0 saturated heterocycles. The van der Waals surface area contributed by atoms with Crippen molar-refractivity contribution in [3.05, 3.63) is 69.4 Å². The number of hydrogen-bond donors (Lipinski definition) is 0. The Kier molecular flexibility index (Phi) is 5.87. The van der Waals surface area contributed by atoms with Crippen LogP contribution < -0.4 is 0 Å². The Hall–Kier alpha value is -2.91. The highest BCUT2D eigenvalue weighted by Gasteiger charge is 2.36. The van der Waals surface area contributed by atoms with Gasteiger partial charge in [-0.25, -0.2) is 14.2 Å². The van der Waals surface area contributed by atoms with E-state index in [1.165, 1.54) is 6.07 Å². The van der Waals surface area contributed by atoms with Crippen molar-refractivity contribution in [2.24, 2.45) is 0 Å². The number of fused-ring (bicyclic) bond motifs is 1. The molecule has 0 unspecified atom stereocenters. The van der Waals surface area contributed by atoms with Crippen LogP contribution in [0.25, 0.3) is 16.5 Å². The predicted octanol–water partition coefficient (Wildman–Crippen LogP) is 5.89. The summed E-state index contributed by atoms with van der Waals surface area (Å²) in [5, 5.41) is -1.20. The first-order valence-corrected chi connectivity index (χ1v) is 8.72. The van der Waals surface area contributed by atoms with Crippen molar-refractivity contribution in [1.29, 1.82) is 0 Å². The number of methoxy groups -OCH3 is 1. The highest BCUT2D eigenvalue weighted by atomic mass is 35.5. The molecule has 11 heteroatoms. The van der Waals surface area contributed by atoms with E-state index in [1.54, 1.807) is 0 Å². The molecule has 0 bridgehead atoms. The summed E-state index contributed by atoms with van der Waals surface area (Å²) in [7, 11) is 1.12. The number of benzene rings is 1. The third-order valence-corrected chi connectivity index (χ3v) is 4.56. The van der Waals surface area contributed by atoms with Gasteiger partial charge in [0.05, 0.1) is 39.9 Å². The molecule has 0 amide bonds. The SMILES string of the molecule is COC(=O)c1ncc(C(=O)/C=C(/c2cc(Cl)c(F)c(Cl)c2)C(F)(F)F)c2occc12. The first-order chi connectivity index (χ1) is 14.0. The minimum atomic E-state index is -5.00. The lowest BCUT2D eigenvalue weighted by molar-refractivity contribution is -0.0689. The third kappa shape index (κ3) is 4.03. The van der Waals surface area contributed by atoms with Gasteiger partial charge in [0.1, 0.15) is 5.58 Å². The monoisotopic (exact) mass is 461 g/mol. The summed E-state index contributed by atoms with van der Waals surface area (Å²) in [5.74, 6) is -3.03. The number of allylic oxidation sites excluding steroid dienone is 2. The van der Waals surface area contributed by atoms with Gasteiger partial charge in [-0.2, -0.15) is 13.2 Å². The molecule has 0 N–H and O–H groups in total. The fourth-order valence-electron chi connectivity index (χ4n) is 2.65. The van der Waals surface area contributed by atoms with Gasteiger partial charge in [-0.1, -0.05) is 23.2 Å². The maximum Gasteiger partial charge on any atom is 0.417 e. The number of furan rings is 1. The molecule has 3 aromatic rings. The summed E-state index contributed by atoms with van der Waals surface area (Å²) in [6.45, 7) is 0. The largest absolute Gasteiger partial charge is 0.464 e. The van der Waals surface area contributed by atoms with E-state index in [-0.39, 0.29) is 28.3 Å². The van der Waals surface area contributed by atoms with Gasteiger partial charge in [0.2, 0.25) is 0 Å². The van der Waals surface area contributed by atoms with E-state index in [0.717, 1.165) is 19.6 Å². The number of pyridine rings is 1. The van der Waals surface area contributed by atoms with Crippen molar-refractivity contribution >= 4 is 51.5 Å². The summed E-state index contributed by atoms with van der Waals surface area (Å²) in [5.41, 5.74) is -2.67. The minimum Gasteiger partial charge on any atom is -0.464 e. The Bertz CT molecular complexity index is 1180. The number of ketones is 1. The number of carbonyl (C=O) groups excluding carboxylic acids is 2. The molecule has 0 aliphatic rings. The quantitative estimate of drug-likeness (QED) is 0.159. The molecule has 3 rings (SSSR count). The van der Waals surface area contributed by atoms with Crippen molar-refractivity contribution in [1.82, 2.24) is 4.98 Å². The molecule has 30 heavy (non-hydrogen) atoms. The average Bonchev–Trinajstić information content (AvgIpc) is 3.17. The summed E-state index contributed by atoms with van der Waals surface area (Å²) >= 11 is 11.2. The van der Waals surface area contributed by atoms with Gasteiger partial charge in [0.25, 0.3) is 0 Å². The van der Waals surface area contributed by atoms with E-state index < -0.39 is 44.9 Å². The summed E-state index contributed by atoms with van der Waals surface area (Å²) in [6.07, 6.45) is -2.67. The molecule has 0 radical (unpaired) electrons. The number of rotatable bonds is 4. The molecule has 156 valence electrons. The van der Waals surface area contributed by atoms with Gasteiger partial charge in [0, 0.05) is 6.20 Å². The van der Waals surface area contributed by atoms with Crippen molar-refractivity contribution in [2.45, 2.75) is 6.18 Å². The number of nitrogens with zero attached hydrogens (tertiary/aromatic N) is 1. The summed E-state index contributed by atoms with van der Waals surface area (Å²) in [4.78, 5) is 28.2. The number of carbonyl (C=O) groups is 2. The van der Waals surface area contributed by atoms with Crippen LogP contribution in [-0.4, -0.2) is 30.0 Å². The molecular formula is C19H9Cl2F4NO4. The molecule has 0 atom stereocenters. The lowest BCUT2D eigenvalue weighted by atomic mass is 10.0. The molecule has 0 aliphatic heterocycles. The maximum atomic E-state index is 13.6. The molecule has 5 nitrogen and oxygen atoms in total. The molecular weight excluding hydrogens is 453 g/mol. The van der Waals surface area contributed by atoms with Crippen molar-refractivity contribution in [3.63, 3.8) is 0 Å². The Morgan fingerprint density at radius 3 is 2.40 bits per heavy atom. The van der Waals surface area contributed by atoms with E-state index in [1.807, 2.05) is 0 Å². The van der Waals surface area contributed by atoms with Crippen LogP contribution in [-0.2, 0) is 4.74 Å². The standard InChI is InChI=1S/C19H9Cl2F4NO4/c1-29-18(28)16-9-2-3-30-17(9)10(7-26-16)14(27)6-11(19(23,24)25)8-4-12(20)15(22)13(21)5-8/h2-7H,1H3/b11-6-. The fourth-order valence-corrected chi connectivity index (χ4v) is 3.13. The lowest BCUT2D eigenvalue weighted by Gasteiger charge is -2.13. The second-order valence-electron chi connectivity index (χ2n) is 5.85. The number of esters is 1. The Morgan fingerprint density at radius 1 is 1.20 bits per heavy atom. The Morgan fingerprint density at radius 2 is 1.83 bits per heavy atom. The highest BCUT2D eigenvalue weighted by Crippen LogP contribution is 2.38. The second kappa shape index (κ2) is 8.08. The Labute approximate surface area is 175 Å². The van der Waals surface area contributed by atoms with Gasteiger partial charge >= 0.3 is 12.1 Å². The number of hydrogen-bond acceptors (Lipinski definition) is 5. The van der Waals surface area contributed by atoms with E-state index in [2.05, 4.69) is 9.72 Å². The number of aromatic nitrogens is 1. The van der Waals surface area contributed by atoms with Crippen molar-refractivity contribution in [2.75, 3.05) is 7.11 Å². The van der Waals surface area contributed by atoms with Gasteiger partial charge < -0.3 is 9.15 Å². The van der Waals surface area contributed by atoms with Crippen LogP contribution in [0.2, 0.25) is 10.0 Å². The molecule has 2 heterocycles. The fraction of sp³-hybridized carbons (Fsp3) is 0.105. The smallest absolute Gasteiger partial charge is 0.417 e. The molecule has 0 saturated carbocycles. The number of ether oxygens (including phenoxy) is 1. The van der Waals surface area contributed by atoms with Crippen LogP contribution in [0.15, 0.2) is 41.2 Å². The normalized spacial score (nSPS) is 12.3. The molecule has 2 aromatic heterocycles. The topological polar surface area (TPSA) is 69.4 Å². The lowest BCUT2D eigenvalue weighted by Crippen LogP contribution is -2.13. The first-order valence-electron chi connectivity index (χ1n) is 7.97. The predicted molar refractivity (Wildman–Crippen MR) is 100 cm³/mol. The molecule has 0 fully saturated rings. The van der Waals surface area contributed by atoms with Crippen molar-refractivity contribution in [3.8, 4) is 0 Å². The average molecular weight is 462 g/mol. The highest BCUT2D eigenvalue weighted by molar-refractivity contribution is 6.35. The van der Waals surface area contributed by atoms with Gasteiger partial charge in [-0.05, 0) is 29.8 Å². The maximum absolute atomic E-state index is 13.6. The summed E-state index contributed by atoms with van der Waals surface area (Å²) < 4.78 is 64.2. The van der Waals surface area contributed by atoms with Crippen molar-refractivity contribution < 1.29 is 36.3 Å². The van der Waals surface area contributed by atoms with E-state index >= 15 is 0 Å². The molecule has 0 aliphatic carbocycles. The van der Waals surface area contributed by atoms with E-state index in [0.29, 0.717) is 12.1 Å². The van der Waals surface area contributed by atoms with Crippen LogP contribution in [0, 0.1) is 5.82 Å². The van der Waals surface area contributed by atoms with Gasteiger partial charge in [-0.15, -0.1) is 0 Å². The van der Waals surface area contributed by atoms with Crippen LogP contribution in [0.5, 0.6) is 0 Å². The minimum absolute atomic E-state index is 0.0857.